The van der Waals surface area contributed by atoms with Crippen molar-refractivity contribution in [1.29, 1.82) is 0 Å². The Morgan fingerprint density at radius 2 is 2.08 bits per heavy atom. The number of ether oxygens (including phenoxy) is 2. The van der Waals surface area contributed by atoms with E-state index in [0.29, 0.717) is 22.2 Å². The van der Waals surface area contributed by atoms with Crippen molar-refractivity contribution in [2.75, 3.05) is 19.0 Å². The van der Waals surface area contributed by atoms with E-state index < -0.39 is 0 Å². The lowest BCUT2D eigenvalue weighted by molar-refractivity contribution is -0.118. The zero-order valence-electron chi connectivity index (χ0n) is 13.0. The summed E-state index contributed by atoms with van der Waals surface area (Å²) >= 11 is 5.94. The minimum absolute atomic E-state index is 0.124. The molecule has 0 unspecified atom stereocenters. The van der Waals surface area contributed by atoms with Gasteiger partial charge < -0.3 is 14.8 Å². The number of amides is 1. The molecule has 1 amide bonds. The van der Waals surface area contributed by atoms with Crippen molar-refractivity contribution < 1.29 is 14.3 Å². The third kappa shape index (κ3) is 3.75. The van der Waals surface area contributed by atoms with Crippen molar-refractivity contribution in [2.24, 2.45) is 0 Å². The van der Waals surface area contributed by atoms with Crippen molar-refractivity contribution in [1.82, 2.24) is 4.98 Å². The molecule has 6 heteroatoms. The number of fused-ring (bicyclic) bond motifs is 1. The molecule has 0 saturated carbocycles. The maximum absolute atomic E-state index is 12.1. The van der Waals surface area contributed by atoms with Crippen LogP contribution >= 0.6 is 11.6 Å². The van der Waals surface area contributed by atoms with Crippen LogP contribution in [0.15, 0.2) is 54.7 Å². The number of methoxy groups -OCH3 is 1. The molecule has 0 bridgehead atoms. The Kier molecular flexibility index (Phi) is 4.82. The summed E-state index contributed by atoms with van der Waals surface area (Å²) in [5.41, 5.74) is 1.37. The largest absolute Gasteiger partial charge is 0.495 e. The lowest BCUT2D eigenvalue weighted by Gasteiger charge is -2.11. The fraction of sp³-hybridized carbons (Fsp3) is 0.111. The van der Waals surface area contributed by atoms with Gasteiger partial charge in [0.1, 0.15) is 11.5 Å². The Morgan fingerprint density at radius 1 is 1.21 bits per heavy atom. The lowest BCUT2D eigenvalue weighted by Crippen LogP contribution is -2.20. The third-order valence-electron chi connectivity index (χ3n) is 3.38. The van der Waals surface area contributed by atoms with Crippen LogP contribution in [0.1, 0.15) is 0 Å². The standard InChI is InChI=1S/C18H15ClN2O3/c1-23-17-7-4-13(19)10-16(17)21-18(22)11-24-14-5-6-15-12(9-14)3-2-8-20-15/h2-10H,11H2,1H3,(H,21,22). The molecule has 0 aliphatic rings. The van der Waals surface area contributed by atoms with Crippen molar-refractivity contribution in [3.8, 4) is 11.5 Å². The second kappa shape index (κ2) is 7.19. The Balaban J connectivity index is 1.65. The van der Waals surface area contributed by atoms with Gasteiger partial charge in [0.25, 0.3) is 5.91 Å². The molecule has 5 nitrogen and oxygen atoms in total. The summed E-state index contributed by atoms with van der Waals surface area (Å²) in [5.74, 6) is 0.829. The molecule has 1 heterocycles. The Bertz CT molecular complexity index is 883. The summed E-state index contributed by atoms with van der Waals surface area (Å²) in [4.78, 5) is 16.3. The van der Waals surface area contributed by atoms with Gasteiger partial charge in [-0.25, -0.2) is 0 Å². The minimum Gasteiger partial charge on any atom is -0.495 e. The molecule has 0 spiro atoms. The minimum atomic E-state index is -0.304. The highest BCUT2D eigenvalue weighted by Gasteiger charge is 2.09. The lowest BCUT2D eigenvalue weighted by atomic mass is 10.2. The molecule has 0 atom stereocenters. The number of anilines is 1. The van der Waals surface area contributed by atoms with Gasteiger partial charge in [-0.1, -0.05) is 17.7 Å². The van der Waals surface area contributed by atoms with Gasteiger partial charge in [0.2, 0.25) is 0 Å². The summed E-state index contributed by atoms with van der Waals surface area (Å²) in [6.07, 6.45) is 1.73. The van der Waals surface area contributed by atoms with Crippen LogP contribution in [0.25, 0.3) is 10.9 Å². The van der Waals surface area contributed by atoms with Crippen LogP contribution in [0.5, 0.6) is 11.5 Å². The van der Waals surface area contributed by atoms with Gasteiger partial charge in [0, 0.05) is 16.6 Å². The van der Waals surface area contributed by atoms with Crippen molar-refractivity contribution in [2.45, 2.75) is 0 Å². The normalized spacial score (nSPS) is 10.4. The molecule has 24 heavy (non-hydrogen) atoms. The van der Waals surface area contributed by atoms with Crippen molar-refractivity contribution in [3.05, 3.63) is 59.8 Å². The molecule has 3 aromatic rings. The molecule has 2 aromatic carbocycles. The second-order valence-corrected chi connectivity index (χ2v) is 5.48. The third-order valence-corrected chi connectivity index (χ3v) is 3.62. The fourth-order valence-electron chi connectivity index (χ4n) is 2.26. The van der Waals surface area contributed by atoms with Gasteiger partial charge >= 0.3 is 0 Å². The molecule has 122 valence electrons. The fourth-order valence-corrected chi connectivity index (χ4v) is 2.43. The van der Waals surface area contributed by atoms with E-state index in [0.717, 1.165) is 10.9 Å². The summed E-state index contributed by atoms with van der Waals surface area (Å²) in [6, 6.07) is 14.3. The molecular weight excluding hydrogens is 328 g/mol. The summed E-state index contributed by atoms with van der Waals surface area (Å²) < 4.78 is 10.7. The number of rotatable bonds is 5. The number of benzene rings is 2. The quantitative estimate of drug-likeness (QED) is 0.763. The number of pyridine rings is 1. The van der Waals surface area contributed by atoms with E-state index in [1.807, 2.05) is 24.3 Å². The number of hydrogen-bond acceptors (Lipinski definition) is 4. The van der Waals surface area contributed by atoms with Crippen molar-refractivity contribution >= 4 is 34.1 Å². The van der Waals surface area contributed by atoms with E-state index in [2.05, 4.69) is 10.3 Å². The first kappa shape index (κ1) is 16.1. The number of aromatic nitrogens is 1. The number of halogens is 1. The Labute approximate surface area is 144 Å². The molecule has 0 aliphatic carbocycles. The molecule has 0 fully saturated rings. The predicted octanol–water partition coefficient (Wildman–Crippen LogP) is 3.91. The molecular formula is C18H15ClN2O3. The summed E-state index contributed by atoms with van der Waals surface area (Å²) in [7, 11) is 1.53. The van der Waals surface area contributed by atoms with Gasteiger partial charge in [-0.15, -0.1) is 0 Å². The van der Waals surface area contributed by atoms with Crippen LogP contribution in [0, 0.1) is 0 Å². The first-order chi connectivity index (χ1) is 11.7. The first-order valence-corrected chi connectivity index (χ1v) is 7.64. The molecule has 3 rings (SSSR count). The second-order valence-electron chi connectivity index (χ2n) is 5.04. The van der Waals surface area contributed by atoms with E-state index in [-0.39, 0.29) is 12.5 Å². The predicted molar refractivity (Wildman–Crippen MR) is 93.9 cm³/mol. The van der Waals surface area contributed by atoms with Crippen LogP contribution in [0.2, 0.25) is 5.02 Å². The van der Waals surface area contributed by atoms with Crippen molar-refractivity contribution in [3.63, 3.8) is 0 Å². The van der Waals surface area contributed by atoms with E-state index in [1.165, 1.54) is 7.11 Å². The first-order valence-electron chi connectivity index (χ1n) is 7.27. The molecule has 1 aromatic heterocycles. The number of hydrogen-bond donors (Lipinski definition) is 1. The highest BCUT2D eigenvalue weighted by molar-refractivity contribution is 6.31. The zero-order valence-corrected chi connectivity index (χ0v) is 13.7. The van der Waals surface area contributed by atoms with E-state index in [4.69, 9.17) is 21.1 Å². The maximum atomic E-state index is 12.1. The monoisotopic (exact) mass is 342 g/mol. The van der Waals surface area contributed by atoms with Crippen LogP contribution < -0.4 is 14.8 Å². The average Bonchev–Trinajstić information content (AvgIpc) is 2.60. The zero-order chi connectivity index (χ0) is 16.9. The van der Waals surface area contributed by atoms with Gasteiger partial charge in [-0.05, 0) is 42.5 Å². The van der Waals surface area contributed by atoms with Crippen LogP contribution in [-0.2, 0) is 4.79 Å². The molecule has 0 saturated heterocycles. The smallest absolute Gasteiger partial charge is 0.262 e. The highest BCUT2D eigenvalue weighted by atomic mass is 35.5. The number of carbonyl (C=O) groups is 1. The SMILES string of the molecule is COc1ccc(Cl)cc1NC(=O)COc1ccc2ncccc2c1. The highest BCUT2D eigenvalue weighted by Crippen LogP contribution is 2.27. The number of carbonyl (C=O) groups excluding carboxylic acids is 1. The van der Waals surface area contributed by atoms with Gasteiger partial charge in [-0.2, -0.15) is 0 Å². The Morgan fingerprint density at radius 3 is 2.92 bits per heavy atom. The van der Waals surface area contributed by atoms with Gasteiger partial charge in [-0.3, -0.25) is 9.78 Å². The number of nitrogens with zero attached hydrogens (tertiary/aromatic N) is 1. The molecule has 0 radical (unpaired) electrons. The number of nitrogens with one attached hydrogen (secondary N) is 1. The maximum Gasteiger partial charge on any atom is 0.262 e. The molecule has 0 aliphatic heterocycles. The van der Waals surface area contributed by atoms with Crippen LogP contribution in [0.4, 0.5) is 5.69 Å². The van der Waals surface area contributed by atoms with Gasteiger partial charge in [0.15, 0.2) is 6.61 Å². The summed E-state index contributed by atoms with van der Waals surface area (Å²) in [5, 5.41) is 4.18. The Hall–Kier alpha value is -2.79. The van der Waals surface area contributed by atoms with Crippen LogP contribution in [0.3, 0.4) is 0 Å². The van der Waals surface area contributed by atoms with E-state index >= 15 is 0 Å². The average molecular weight is 343 g/mol. The van der Waals surface area contributed by atoms with Gasteiger partial charge in [0.05, 0.1) is 18.3 Å². The van der Waals surface area contributed by atoms with E-state index in [9.17, 15) is 4.79 Å². The van der Waals surface area contributed by atoms with E-state index in [1.54, 1.807) is 30.5 Å². The summed E-state index contributed by atoms with van der Waals surface area (Å²) in [6.45, 7) is -0.124. The molecule has 1 N–H and O–H groups in total. The topological polar surface area (TPSA) is 60.5 Å². The van der Waals surface area contributed by atoms with Crippen LogP contribution in [-0.4, -0.2) is 24.6 Å².